The fourth-order valence-electron chi connectivity index (χ4n) is 4.36. The summed E-state index contributed by atoms with van der Waals surface area (Å²) in [5.41, 5.74) is 4.25. The largest absolute Gasteiger partial charge is 0.382 e. The number of nitrogens with zero attached hydrogens (tertiary/aromatic N) is 2. The van der Waals surface area contributed by atoms with E-state index in [4.69, 9.17) is 0 Å². The zero-order valence-electron chi connectivity index (χ0n) is 20.4. The number of pyridine rings is 1. The van der Waals surface area contributed by atoms with Crippen LogP contribution in [0.25, 0.3) is 0 Å². The first-order chi connectivity index (χ1) is 17.7. The molecule has 1 heterocycles. The molecule has 0 bridgehead atoms. The highest BCUT2D eigenvalue weighted by Gasteiger charge is 2.31. The van der Waals surface area contributed by atoms with Gasteiger partial charge in [-0.15, -0.1) is 0 Å². The average Bonchev–Trinajstić information content (AvgIpc) is 2.93. The predicted octanol–water partition coefficient (Wildman–Crippen LogP) is 4.41. The van der Waals surface area contributed by atoms with Gasteiger partial charge >= 0.3 is 0 Å². The highest BCUT2D eigenvalue weighted by Crippen LogP contribution is 2.20. The van der Waals surface area contributed by atoms with Crippen molar-refractivity contribution < 1.29 is 9.90 Å². The molecular formula is C31H33N3O2. The molecule has 0 fully saturated rings. The second kappa shape index (κ2) is 13.3. The molecule has 184 valence electrons. The van der Waals surface area contributed by atoms with Gasteiger partial charge in [-0.1, -0.05) is 97.1 Å². The third kappa shape index (κ3) is 7.60. The van der Waals surface area contributed by atoms with Crippen LogP contribution in [-0.2, 0) is 30.7 Å². The number of carbonyl (C=O) groups is 1. The second-order valence-corrected chi connectivity index (χ2v) is 8.94. The molecule has 0 saturated heterocycles. The van der Waals surface area contributed by atoms with E-state index in [1.54, 1.807) is 6.20 Å². The van der Waals surface area contributed by atoms with Crippen molar-refractivity contribution in [3.8, 4) is 0 Å². The summed E-state index contributed by atoms with van der Waals surface area (Å²) in [5, 5.41) is 14.3. The van der Waals surface area contributed by atoms with E-state index in [2.05, 4.69) is 39.5 Å². The minimum Gasteiger partial charge on any atom is -0.382 e. The fraction of sp³-hybridized carbons (Fsp3) is 0.226. The summed E-state index contributed by atoms with van der Waals surface area (Å²) in [7, 11) is 0. The smallest absolute Gasteiger partial charge is 0.250 e. The van der Waals surface area contributed by atoms with Crippen LogP contribution in [0.3, 0.4) is 0 Å². The Morgan fingerprint density at radius 1 is 0.750 bits per heavy atom. The highest BCUT2D eigenvalue weighted by atomic mass is 16.3. The molecule has 5 heteroatoms. The molecule has 0 spiro atoms. The monoisotopic (exact) mass is 479 g/mol. The molecule has 5 nitrogen and oxygen atoms in total. The lowest BCUT2D eigenvalue weighted by atomic mass is 9.97. The van der Waals surface area contributed by atoms with Crippen LogP contribution in [0, 0.1) is 0 Å². The molecule has 0 aliphatic carbocycles. The van der Waals surface area contributed by atoms with Gasteiger partial charge in [-0.25, -0.2) is 0 Å². The zero-order chi connectivity index (χ0) is 25.0. The molecule has 2 unspecified atom stereocenters. The van der Waals surface area contributed by atoms with Gasteiger partial charge in [0.2, 0.25) is 0 Å². The molecule has 1 amide bonds. The number of aliphatic hydroxyl groups excluding tert-OH is 1. The van der Waals surface area contributed by atoms with E-state index in [1.807, 2.05) is 84.9 Å². The van der Waals surface area contributed by atoms with Crippen molar-refractivity contribution in [2.24, 2.45) is 0 Å². The van der Waals surface area contributed by atoms with Crippen LogP contribution in [0.1, 0.15) is 22.4 Å². The number of rotatable bonds is 12. The van der Waals surface area contributed by atoms with Gasteiger partial charge in [0.05, 0.1) is 0 Å². The number of aliphatic hydroxyl groups is 1. The molecule has 0 aliphatic heterocycles. The summed E-state index contributed by atoms with van der Waals surface area (Å²) < 4.78 is 0. The van der Waals surface area contributed by atoms with Crippen LogP contribution in [0.5, 0.6) is 0 Å². The Morgan fingerprint density at radius 3 is 1.81 bits per heavy atom. The van der Waals surface area contributed by atoms with Crippen LogP contribution in [0.4, 0.5) is 0 Å². The number of hydrogen-bond donors (Lipinski definition) is 2. The Kier molecular flexibility index (Phi) is 9.37. The van der Waals surface area contributed by atoms with Crippen molar-refractivity contribution in [1.29, 1.82) is 0 Å². The lowest BCUT2D eigenvalue weighted by Gasteiger charge is -2.35. The van der Waals surface area contributed by atoms with Gasteiger partial charge in [0, 0.05) is 44.0 Å². The molecule has 1 aromatic heterocycles. The summed E-state index contributed by atoms with van der Waals surface area (Å²) in [5.74, 6) is -0.363. The number of aromatic nitrogens is 1. The minimum absolute atomic E-state index is 0.363. The first kappa shape index (κ1) is 25.3. The number of benzene rings is 3. The Hall–Kier alpha value is -3.80. The number of carbonyl (C=O) groups excluding carboxylic acids is 1. The molecule has 4 rings (SSSR count). The summed E-state index contributed by atoms with van der Waals surface area (Å²) in [6.45, 7) is 1.65. The quantitative estimate of drug-likeness (QED) is 0.316. The van der Waals surface area contributed by atoms with E-state index < -0.39 is 12.1 Å². The van der Waals surface area contributed by atoms with Gasteiger partial charge in [0.25, 0.3) is 5.91 Å². The molecule has 2 atom stereocenters. The van der Waals surface area contributed by atoms with E-state index >= 15 is 0 Å². The summed E-state index contributed by atoms with van der Waals surface area (Å²) >= 11 is 0. The van der Waals surface area contributed by atoms with Gasteiger partial charge in [-0.05, 0) is 35.2 Å². The number of nitrogens with one attached hydrogen (secondary N) is 1. The van der Waals surface area contributed by atoms with Crippen molar-refractivity contribution >= 4 is 5.91 Å². The van der Waals surface area contributed by atoms with E-state index in [9.17, 15) is 9.90 Å². The average molecular weight is 480 g/mol. The van der Waals surface area contributed by atoms with Gasteiger partial charge in [0.1, 0.15) is 6.10 Å². The topological polar surface area (TPSA) is 65.5 Å². The van der Waals surface area contributed by atoms with Crippen LogP contribution < -0.4 is 5.32 Å². The molecule has 4 aromatic rings. The molecule has 0 radical (unpaired) electrons. The Labute approximate surface area is 213 Å². The predicted molar refractivity (Wildman–Crippen MR) is 143 cm³/mol. The van der Waals surface area contributed by atoms with E-state index in [0.717, 1.165) is 22.4 Å². The Bertz CT molecular complexity index is 1130. The van der Waals surface area contributed by atoms with Gasteiger partial charge in [-0.3, -0.25) is 14.7 Å². The fourth-order valence-corrected chi connectivity index (χ4v) is 4.36. The summed E-state index contributed by atoms with van der Waals surface area (Å²) in [6.07, 6.45) is 1.71. The van der Waals surface area contributed by atoms with Crippen LogP contribution in [-0.4, -0.2) is 39.6 Å². The molecule has 2 N–H and O–H groups in total. The van der Waals surface area contributed by atoms with Gasteiger partial charge in [-0.2, -0.15) is 0 Å². The van der Waals surface area contributed by atoms with Crippen LogP contribution >= 0.6 is 0 Å². The zero-order valence-corrected chi connectivity index (χ0v) is 20.4. The maximum Gasteiger partial charge on any atom is 0.250 e. The van der Waals surface area contributed by atoms with Crippen molar-refractivity contribution in [3.05, 3.63) is 138 Å². The van der Waals surface area contributed by atoms with Crippen molar-refractivity contribution in [3.63, 3.8) is 0 Å². The van der Waals surface area contributed by atoms with E-state index in [0.29, 0.717) is 32.5 Å². The first-order valence-corrected chi connectivity index (χ1v) is 12.4. The van der Waals surface area contributed by atoms with E-state index in [1.165, 1.54) is 0 Å². The normalized spacial score (nSPS) is 12.7. The summed E-state index contributed by atoms with van der Waals surface area (Å²) in [4.78, 5) is 19.7. The third-order valence-electron chi connectivity index (χ3n) is 6.25. The molecule has 0 saturated carbocycles. The lowest BCUT2D eigenvalue weighted by Crippen LogP contribution is -2.51. The maximum atomic E-state index is 13.2. The third-order valence-corrected chi connectivity index (χ3v) is 6.25. The second-order valence-electron chi connectivity index (χ2n) is 8.94. The van der Waals surface area contributed by atoms with Crippen LogP contribution in [0.15, 0.2) is 115 Å². The molecular weight excluding hydrogens is 446 g/mol. The van der Waals surface area contributed by atoms with Crippen LogP contribution in [0.2, 0.25) is 0 Å². The Morgan fingerprint density at radius 2 is 1.28 bits per heavy atom. The Balaban J connectivity index is 1.55. The van der Waals surface area contributed by atoms with Crippen molar-refractivity contribution in [2.45, 2.75) is 38.1 Å². The first-order valence-electron chi connectivity index (χ1n) is 12.4. The molecule has 0 aliphatic rings. The molecule has 3 aromatic carbocycles. The van der Waals surface area contributed by atoms with Gasteiger partial charge in [0.15, 0.2) is 0 Å². The lowest BCUT2D eigenvalue weighted by molar-refractivity contribution is -0.133. The maximum absolute atomic E-state index is 13.2. The molecule has 36 heavy (non-hydrogen) atoms. The number of amides is 1. The summed E-state index contributed by atoms with van der Waals surface area (Å²) in [6, 6.07) is 35.7. The van der Waals surface area contributed by atoms with Gasteiger partial charge < -0.3 is 10.4 Å². The van der Waals surface area contributed by atoms with Crippen molar-refractivity contribution in [2.75, 3.05) is 6.54 Å². The van der Waals surface area contributed by atoms with Crippen molar-refractivity contribution in [1.82, 2.24) is 15.2 Å². The van der Waals surface area contributed by atoms with E-state index in [-0.39, 0.29) is 5.91 Å². The highest BCUT2D eigenvalue weighted by molar-refractivity contribution is 5.81. The minimum atomic E-state index is -1.19. The SMILES string of the molecule is O=C(NCCc1ccccn1)C(O)C(Cc1ccccc1)N(Cc1ccccc1)Cc1ccccc1. The standard InChI is InChI=1S/C31H33N3O2/c35-30(31(36)33-21-19-28-18-10-11-20-32-28)29(22-25-12-4-1-5-13-25)34(23-26-14-6-2-7-15-26)24-27-16-8-3-9-17-27/h1-18,20,29-30,35H,19,21-24H2,(H,33,36). The number of hydrogen-bond acceptors (Lipinski definition) is 4.